The molecule has 0 amide bonds. The number of nitrogens with zero attached hydrogens (tertiary/aromatic N) is 1. The van der Waals surface area contributed by atoms with E-state index in [1.165, 1.54) is 0 Å². The molecule has 0 spiro atoms. The van der Waals surface area contributed by atoms with Gasteiger partial charge in [0.15, 0.2) is 0 Å². The fraction of sp³-hybridized carbons (Fsp3) is 0.286. The molecular weight excluding hydrogens is 150 g/mol. The van der Waals surface area contributed by atoms with Gasteiger partial charge in [0.2, 0.25) is 11.4 Å². The van der Waals surface area contributed by atoms with Crippen molar-refractivity contribution in [1.29, 1.82) is 0 Å². The highest BCUT2D eigenvalue weighted by atomic mass is 35.5. The van der Waals surface area contributed by atoms with Crippen molar-refractivity contribution in [2.45, 2.75) is 13.8 Å². The Morgan fingerprint density at radius 3 is 2.10 bits per heavy atom. The highest BCUT2D eigenvalue weighted by Crippen LogP contribution is 2.08. The van der Waals surface area contributed by atoms with Gasteiger partial charge in [0.25, 0.3) is 0 Å². The van der Waals surface area contributed by atoms with Crippen LogP contribution in [0.15, 0.2) is 12.1 Å². The molecule has 1 N–H and O–H groups in total. The zero-order valence-electron chi connectivity index (χ0n) is 5.93. The summed E-state index contributed by atoms with van der Waals surface area (Å²) in [5, 5.41) is 9.84. The molecule has 1 rings (SSSR count). The summed E-state index contributed by atoms with van der Waals surface area (Å²) in [5.41, 5.74) is 1.48. The summed E-state index contributed by atoms with van der Waals surface area (Å²) in [6.07, 6.45) is 0. The van der Waals surface area contributed by atoms with Crippen LogP contribution < -0.4 is 4.73 Å². The van der Waals surface area contributed by atoms with Gasteiger partial charge < -0.3 is 0 Å². The SMILES string of the molecule is Cc1cc(Cl)cc(C)[n+]1O. The lowest BCUT2D eigenvalue weighted by Crippen LogP contribution is -2.36. The van der Waals surface area contributed by atoms with Gasteiger partial charge in [-0.05, 0) is 0 Å². The molecule has 1 heterocycles. The number of rotatable bonds is 0. The summed E-state index contributed by atoms with van der Waals surface area (Å²) in [6, 6.07) is 3.41. The fourth-order valence-corrected chi connectivity index (χ4v) is 1.16. The van der Waals surface area contributed by atoms with Gasteiger partial charge in [0.1, 0.15) is 0 Å². The fourth-order valence-electron chi connectivity index (χ4n) is 0.841. The Balaban J connectivity index is 3.31. The van der Waals surface area contributed by atoms with Gasteiger partial charge in [-0.15, -0.1) is 0 Å². The first kappa shape index (κ1) is 7.35. The molecule has 0 saturated heterocycles. The van der Waals surface area contributed by atoms with E-state index in [4.69, 9.17) is 11.6 Å². The highest BCUT2D eigenvalue weighted by Gasteiger charge is 2.09. The van der Waals surface area contributed by atoms with E-state index in [2.05, 4.69) is 0 Å². The molecule has 0 fully saturated rings. The van der Waals surface area contributed by atoms with Crippen molar-refractivity contribution in [2.75, 3.05) is 0 Å². The maximum absolute atomic E-state index is 9.19. The molecule has 0 aliphatic carbocycles. The monoisotopic (exact) mass is 158 g/mol. The van der Waals surface area contributed by atoms with E-state index < -0.39 is 0 Å². The second kappa shape index (κ2) is 2.46. The standard InChI is InChI=1S/C7H9ClNO/c1-5-3-7(8)4-6(2)9(5)10/h3-4,10H,1-2H3/q+1. The number of aryl methyl sites for hydroxylation is 2. The second-order valence-electron chi connectivity index (χ2n) is 2.27. The van der Waals surface area contributed by atoms with E-state index >= 15 is 0 Å². The van der Waals surface area contributed by atoms with Crippen LogP contribution in [-0.2, 0) is 0 Å². The lowest BCUT2D eigenvalue weighted by atomic mass is 10.3. The third-order valence-electron chi connectivity index (χ3n) is 1.36. The predicted octanol–water partition coefficient (Wildman–Crippen LogP) is 1.48. The van der Waals surface area contributed by atoms with Crippen molar-refractivity contribution < 1.29 is 9.94 Å². The van der Waals surface area contributed by atoms with Gasteiger partial charge in [0, 0.05) is 30.7 Å². The Labute approximate surface area is 64.6 Å². The highest BCUT2D eigenvalue weighted by molar-refractivity contribution is 6.30. The molecule has 10 heavy (non-hydrogen) atoms. The van der Waals surface area contributed by atoms with Crippen LogP contribution in [0, 0.1) is 13.8 Å². The van der Waals surface area contributed by atoms with Crippen LogP contribution in [0.4, 0.5) is 0 Å². The van der Waals surface area contributed by atoms with Crippen molar-refractivity contribution >= 4 is 11.6 Å². The molecule has 0 radical (unpaired) electrons. The average Bonchev–Trinajstić information content (AvgIpc) is 1.82. The molecule has 2 nitrogen and oxygen atoms in total. The first-order chi connectivity index (χ1) is 4.61. The molecule has 0 aliphatic rings. The van der Waals surface area contributed by atoms with Crippen molar-refractivity contribution in [3.8, 4) is 0 Å². The Morgan fingerprint density at radius 1 is 1.30 bits per heavy atom. The van der Waals surface area contributed by atoms with Crippen LogP contribution in [0.5, 0.6) is 0 Å². The molecule has 1 aromatic rings. The molecule has 0 saturated carbocycles. The largest absolute Gasteiger partial charge is 0.285 e. The average molecular weight is 159 g/mol. The van der Waals surface area contributed by atoms with Crippen LogP contribution in [0.1, 0.15) is 11.4 Å². The third kappa shape index (κ3) is 1.21. The minimum atomic E-state index is 0.653. The molecule has 0 aromatic carbocycles. The Hall–Kier alpha value is -0.760. The summed E-state index contributed by atoms with van der Waals surface area (Å²) in [5.74, 6) is 0. The summed E-state index contributed by atoms with van der Waals surface area (Å²) in [7, 11) is 0. The van der Waals surface area contributed by atoms with Crippen molar-refractivity contribution in [3.05, 3.63) is 28.5 Å². The van der Waals surface area contributed by atoms with E-state index in [-0.39, 0.29) is 0 Å². The normalized spacial score (nSPS) is 9.90. The van der Waals surface area contributed by atoms with Crippen LogP contribution in [0.3, 0.4) is 0 Å². The molecule has 1 aromatic heterocycles. The lowest BCUT2D eigenvalue weighted by Gasteiger charge is -1.93. The summed E-state index contributed by atoms with van der Waals surface area (Å²) < 4.78 is 1.10. The van der Waals surface area contributed by atoms with Crippen molar-refractivity contribution in [2.24, 2.45) is 0 Å². The summed E-state index contributed by atoms with van der Waals surface area (Å²) in [6.45, 7) is 3.58. The lowest BCUT2D eigenvalue weighted by molar-refractivity contribution is -0.912. The number of aromatic nitrogens is 1. The Morgan fingerprint density at radius 2 is 1.70 bits per heavy atom. The molecule has 0 unspecified atom stereocenters. The molecule has 0 bridgehead atoms. The molecule has 54 valence electrons. The van der Waals surface area contributed by atoms with Crippen molar-refractivity contribution in [1.82, 2.24) is 0 Å². The number of pyridine rings is 1. The Kier molecular flexibility index (Phi) is 1.81. The van der Waals surface area contributed by atoms with E-state index in [9.17, 15) is 5.21 Å². The zero-order chi connectivity index (χ0) is 7.72. The topological polar surface area (TPSA) is 24.1 Å². The maximum Gasteiger partial charge on any atom is 0.232 e. The van der Waals surface area contributed by atoms with Gasteiger partial charge in [-0.1, -0.05) is 11.6 Å². The predicted molar refractivity (Wildman–Crippen MR) is 38.3 cm³/mol. The zero-order valence-corrected chi connectivity index (χ0v) is 6.68. The smallest absolute Gasteiger partial charge is 0.232 e. The number of hydrogen-bond donors (Lipinski definition) is 1. The van der Waals surface area contributed by atoms with Crippen molar-refractivity contribution in [3.63, 3.8) is 0 Å². The quantitative estimate of drug-likeness (QED) is 0.449. The van der Waals surface area contributed by atoms with E-state index in [0.29, 0.717) is 5.02 Å². The van der Waals surface area contributed by atoms with Gasteiger partial charge >= 0.3 is 0 Å². The summed E-state index contributed by atoms with van der Waals surface area (Å²) >= 11 is 5.70. The van der Waals surface area contributed by atoms with E-state index in [1.807, 2.05) is 0 Å². The first-order valence-corrected chi connectivity index (χ1v) is 3.37. The first-order valence-electron chi connectivity index (χ1n) is 2.99. The number of hydrogen-bond acceptors (Lipinski definition) is 1. The second-order valence-corrected chi connectivity index (χ2v) is 2.70. The van der Waals surface area contributed by atoms with Gasteiger partial charge in [-0.2, -0.15) is 0 Å². The maximum atomic E-state index is 9.19. The number of halogens is 1. The molecular formula is C7H9ClNO+. The van der Waals surface area contributed by atoms with Gasteiger partial charge in [-0.25, -0.2) is 0 Å². The minimum Gasteiger partial charge on any atom is -0.285 e. The van der Waals surface area contributed by atoms with Crippen LogP contribution in [-0.4, -0.2) is 5.21 Å². The third-order valence-corrected chi connectivity index (χ3v) is 1.58. The molecule has 3 heteroatoms. The minimum absolute atomic E-state index is 0.653. The van der Waals surface area contributed by atoms with Crippen LogP contribution >= 0.6 is 11.6 Å². The van der Waals surface area contributed by atoms with E-state index in [1.54, 1.807) is 26.0 Å². The summed E-state index contributed by atoms with van der Waals surface area (Å²) in [4.78, 5) is 0. The Bertz CT molecular complexity index is 237. The van der Waals surface area contributed by atoms with Gasteiger partial charge in [-0.3, -0.25) is 5.21 Å². The molecule has 0 aliphatic heterocycles. The van der Waals surface area contributed by atoms with Crippen LogP contribution in [0.2, 0.25) is 5.02 Å². The van der Waals surface area contributed by atoms with E-state index in [0.717, 1.165) is 16.1 Å². The van der Waals surface area contributed by atoms with Crippen LogP contribution in [0.25, 0.3) is 0 Å². The molecule has 0 atom stereocenters. The van der Waals surface area contributed by atoms with Gasteiger partial charge in [0.05, 0.1) is 5.02 Å².